The molecule has 3 N–H and O–H groups in total. The van der Waals surface area contributed by atoms with Crippen molar-refractivity contribution in [3.05, 3.63) is 21.8 Å². The number of carboxylic acid groups (broad SMARTS) is 1. The number of carbonyl (C=O) groups is 2. The number of amides is 2. The van der Waals surface area contributed by atoms with Gasteiger partial charge in [0.05, 0.1) is 24.3 Å². The predicted octanol–water partition coefficient (Wildman–Crippen LogP) is 1.16. The molecule has 30 heavy (non-hydrogen) atoms. The third kappa shape index (κ3) is 3.97. The quantitative estimate of drug-likeness (QED) is 0.586. The number of ether oxygens (including phenoxy) is 1. The molecule has 2 amide bonds. The van der Waals surface area contributed by atoms with Crippen LogP contribution in [-0.4, -0.2) is 60.0 Å². The number of hydrogen-bond donors (Lipinski definition) is 3. The van der Waals surface area contributed by atoms with Crippen LogP contribution in [0.1, 0.15) is 36.5 Å². The van der Waals surface area contributed by atoms with E-state index in [-0.39, 0.29) is 30.0 Å². The molecule has 0 aromatic carbocycles. The van der Waals surface area contributed by atoms with Crippen molar-refractivity contribution in [3.8, 4) is 12.1 Å². The van der Waals surface area contributed by atoms with Crippen molar-refractivity contribution >= 4 is 29.4 Å². The third-order valence-electron chi connectivity index (χ3n) is 5.42. The van der Waals surface area contributed by atoms with Gasteiger partial charge in [0.1, 0.15) is 23.1 Å². The SMILES string of the molecule is CCc1c(C#N)c(Cl)nc(N2CCC(NC(=O)C3(NC(=O)O)COC3)CC2)c1C#N. The smallest absolute Gasteiger partial charge is 0.405 e. The molecule has 10 nitrogen and oxygen atoms in total. The largest absolute Gasteiger partial charge is 0.465 e. The second-order valence-electron chi connectivity index (χ2n) is 7.27. The van der Waals surface area contributed by atoms with Gasteiger partial charge in [-0.25, -0.2) is 9.78 Å². The average Bonchev–Trinajstić information content (AvgIpc) is 2.70. The van der Waals surface area contributed by atoms with Crippen LogP contribution < -0.4 is 15.5 Å². The molecule has 2 aliphatic heterocycles. The normalized spacial score (nSPS) is 17.9. The van der Waals surface area contributed by atoms with E-state index >= 15 is 0 Å². The maximum Gasteiger partial charge on any atom is 0.405 e. The number of anilines is 1. The van der Waals surface area contributed by atoms with Gasteiger partial charge in [-0.1, -0.05) is 18.5 Å². The lowest BCUT2D eigenvalue weighted by Gasteiger charge is -2.41. The molecule has 0 unspecified atom stereocenters. The maximum absolute atomic E-state index is 12.6. The molecule has 0 bridgehead atoms. The number of halogens is 1. The first kappa shape index (κ1) is 21.6. The molecule has 1 aromatic heterocycles. The monoisotopic (exact) mass is 432 g/mol. The van der Waals surface area contributed by atoms with Crippen LogP contribution in [0.2, 0.25) is 5.15 Å². The number of nitrogens with one attached hydrogen (secondary N) is 2. The van der Waals surface area contributed by atoms with E-state index in [1.54, 1.807) is 0 Å². The second kappa shape index (κ2) is 8.74. The van der Waals surface area contributed by atoms with Gasteiger partial charge in [-0.15, -0.1) is 0 Å². The molecular weight excluding hydrogens is 412 g/mol. The highest BCUT2D eigenvalue weighted by molar-refractivity contribution is 6.30. The molecule has 3 rings (SSSR count). The van der Waals surface area contributed by atoms with Crippen LogP contribution in [-0.2, 0) is 16.0 Å². The van der Waals surface area contributed by atoms with Crippen LogP contribution in [0, 0.1) is 22.7 Å². The van der Waals surface area contributed by atoms with Crippen molar-refractivity contribution in [1.29, 1.82) is 10.5 Å². The summed E-state index contributed by atoms with van der Waals surface area (Å²) in [5, 5.41) is 33.1. The third-order valence-corrected chi connectivity index (χ3v) is 5.70. The first-order valence-corrected chi connectivity index (χ1v) is 9.90. The maximum atomic E-state index is 12.6. The molecule has 1 aromatic rings. The van der Waals surface area contributed by atoms with Gasteiger partial charge in [0.15, 0.2) is 5.54 Å². The van der Waals surface area contributed by atoms with Crippen molar-refractivity contribution in [1.82, 2.24) is 15.6 Å². The molecule has 2 aliphatic rings. The number of rotatable bonds is 5. The van der Waals surface area contributed by atoms with Crippen LogP contribution in [0.4, 0.5) is 10.6 Å². The molecular formula is C19H21ClN6O4. The van der Waals surface area contributed by atoms with Gasteiger partial charge in [0.25, 0.3) is 5.91 Å². The summed E-state index contributed by atoms with van der Waals surface area (Å²) in [6.45, 7) is 2.90. The Morgan fingerprint density at radius 3 is 2.40 bits per heavy atom. The molecule has 3 heterocycles. The van der Waals surface area contributed by atoms with E-state index in [4.69, 9.17) is 21.4 Å². The lowest BCUT2D eigenvalue weighted by molar-refractivity contribution is -0.148. The lowest BCUT2D eigenvalue weighted by Crippen LogP contribution is -2.70. The van der Waals surface area contributed by atoms with E-state index in [9.17, 15) is 20.1 Å². The summed E-state index contributed by atoms with van der Waals surface area (Å²) in [7, 11) is 0. The van der Waals surface area contributed by atoms with Crippen LogP contribution in [0.15, 0.2) is 0 Å². The Bertz CT molecular complexity index is 942. The van der Waals surface area contributed by atoms with E-state index in [2.05, 4.69) is 21.7 Å². The summed E-state index contributed by atoms with van der Waals surface area (Å²) in [6, 6.07) is 4.02. The topological polar surface area (TPSA) is 151 Å². The molecule has 11 heteroatoms. The van der Waals surface area contributed by atoms with Crippen molar-refractivity contribution in [2.75, 3.05) is 31.2 Å². The first-order chi connectivity index (χ1) is 14.3. The van der Waals surface area contributed by atoms with Crippen molar-refractivity contribution in [3.63, 3.8) is 0 Å². The van der Waals surface area contributed by atoms with Gasteiger partial charge < -0.3 is 25.4 Å². The molecule has 0 atom stereocenters. The molecule has 0 aliphatic carbocycles. The number of piperidine rings is 1. The predicted molar refractivity (Wildman–Crippen MR) is 106 cm³/mol. The fourth-order valence-corrected chi connectivity index (χ4v) is 3.97. The minimum absolute atomic E-state index is 0.00294. The highest BCUT2D eigenvalue weighted by atomic mass is 35.5. The Morgan fingerprint density at radius 1 is 1.30 bits per heavy atom. The second-order valence-corrected chi connectivity index (χ2v) is 7.63. The number of hydrogen-bond acceptors (Lipinski definition) is 7. The summed E-state index contributed by atoms with van der Waals surface area (Å²) >= 11 is 6.18. The van der Waals surface area contributed by atoms with Crippen LogP contribution >= 0.6 is 11.6 Å². The van der Waals surface area contributed by atoms with Gasteiger partial charge >= 0.3 is 6.09 Å². The number of nitriles is 2. The Hall–Kier alpha value is -3.08. The number of aromatic nitrogens is 1. The zero-order valence-electron chi connectivity index (χ0n) is 16.4. The summed E-state index contributed by atoms with van der Waals surface area (Å²) in [6.07, 6.45) is 0.375. The van der Waals surface area contributed by atoms with Crippen LogP contribution in [0.3, 0.4) is 0 Å². The van der Waals surface area contributed by atoms with Crippen LogP contribution in [0.25, 0.3) is 0 Å². The molecule has 0 radical (unpaired) electrons. The highest BCUT2D eigenvalue weighted by Gasteiger charge is 2.48. The van der Waals surface area contributed by atoms with Gasteiger partial charge in [-0.05, 0) is 24.8 Å². The minimum atomic E-state index is -1.28. The van der Waals surface area contributed by atoms with E-state index < -0.39 is 17.5 Å². The van der Waals surface area contributed by atoms with E-state index in [1.807, 2.05) is 17.9 Å². The number of carbonyl (C=O) groups excluding carboxylic acids is 1. The number of nitrogens with zero attached hydrogens (tertiary/aromatic N) is 4. The molecule has 0 saturated carbocycles. The Balaban J connectivity index is 1.70. The van der Waals surface area contributed by atoms with Gasteiger partial charge in [0, 0.05) is 19.1 Å². The lowest BCUT2D eigenvalue weighted by atomic mass is 9.94. The fraction of sp³-hybridized carbons (Fsp3) is 0.526. The van der Waals surface area contributed by atoms with Crippen LogP contribution in [0.5, 0.6) is 0 Å². The zero-order valence-corrected chi connectivity index (χ0v) is 17.1. The standard InChI is InChI=1S/C19H21ClN6O4/c1-2-12-13(7-21)15(20)24-16(14(12)8-22)26-5-3-11(4-6-26)23-17(27)19(9-30-10-19)25-18(28)29/h11,25H,2-6,9-10H2,1H3,(H,23,27)(H,28,29). The van der Waals surface area contributed by atoms with Gasteiger partial charge in [-0.2, -0.15) is 10.5 Å². The van der Waals surface area contributed by atoms with Gasteiger partial charge in [-0.3, -0.25) is 4.79 Å². The van der Waals surface area contributed by atoms with Crippen molar-refractivity contribution in [2.24, 2.45) is 0 Å². The molecule has 0 spiro atoms. The summed E-state index contributed by atoms with van der Waals surface area (Å²) < 4.78 is 5.03. The highest BCUT2D eigenvalue weighted by Crippen LogP contribution is 2.31. The van der Waals surface area contributed by atoms with Crippen molar-refractivity contribution in [2.45, 2.75) is 37.8 Å². The Labute approximate surface area is 178 Å². The molecule has 2 saturated heterocycles. The Kier molecular flexibility index (Phi) is 6.30. The zero-order chi connectivity index (χ0) is 21.9. The average molecular weight is 433 g/mol. The summed E-state index contributed by atoms with van der Waals surface area (Å²) in [5.74, 6) is 0.0414. The molecule has 158 valence electrons. The molecule has 2 fully saturated rings. The van der Waals surface area contributed by atoms with Crippen molar-refractivity contribution < 1.29 is 19.4 Å². The first-order valence-electron chi connectivity index (χ1n) is 9.52. The van der Waals surface area contributed by atoms with E-state index in [1.165, 1.54) is 0 Å². The number of pyridine rings is 1. The van der Waals surface area contributed by atoms with E-state index in [0.717, 1.165) is 0 Å². The van der Waals surface area contributed by atoms with Gasteiger partial charge in [0.2, 0.25) is 0 Å². The Morgan fingerprint density at radius 2 is 1.93 bits per heavy atom. The minimum Gasteiger partial charge on any atom is -0.465 e. The van der Waals surface area contributed by atoms with E-state index in [0.29, 0.717) is 49.3 Å². The fourth-order valence-electron chi connectivity index (χ4n) is 3.73. The summed E-state index contributed by atoms with van der Waals surface area (Å²) in [5.41, 5.74) is -0.0929. The summed E-state index contributed by atoms with van der Waals surface area (Å²) in [4.78, 5) is 29.8.